The molecule has 0 amide bonds. The van der Waals surface area contributed by atoms with Gasteiger partial charge in [0.25, 0.3) is 0 Å². The third-order valence-electron chi connectivity index (χ3n) is 2.06. The molecule has 1 aliphatic rings. The Hall–Kier alpha value is -0.570. The molecule has 0 fully saturated rings. The lowest BCUT2D eigenvalue weighted by Gasteiger charge is -2.23. The predicted octanol–water partition coefficient (Wildman–Crippen LogP) is 2.17. The van der Waals surface area contributed by atoms with Crippen LogP contribution < -0.4 is 4.74 Å². The van der Waals surface area contributed by atoms with Crippen LogP contribution in [0.15, 0.2) is 18.5 Å². The Labute approximate surface area is 80.1 Å². The van der Waals surface area contributed by atoms with E-state index in [2.05, 4.69) is 20.9 Å². The number of pyridine rings is 1. The zero-order valence-electron chi connectivity index (χ0n) is 6.66. The average molecular weight is 228 g/mol. The van der Waals surface area contributed by atoms with Crippen LogP contribution in [0.4, 0.5) is 0 Å². The van der Waals surface area contributed by atoms with Crippen molar-refractivity contribution in [2.45, 2.75) is 18.9 Å². The number of rotatable bonds is 1. The number of aryl methyl sites for hydroxylation is 1. The largest absolute Gasteiger partial charge is 0.489 e. The highest BCUT2D eigenvalue weighted by Gasteiger charge is 2.17. The lowest BCUT2D eigenvalue weighted by molar-refractivity contribution is 0.197. The van der Waals surface area contributed by atoms with Crippen LogP contribution in [0.25, 0.3) is 0 Å². The van der Waals surface area contributed by atoms with E-state index in [9.17, 15) is 0 Å². The van der Waals surface area contributed by atoms with Gasteiger partial charge in [-0.05, 0) is 18.9 Å². The molecular weight excluding hydrogens is 218 g/mol. The van der Waals surface area contributed by atoms with E-state index >= 15 is 0 Å². The van der Waals surface area contributed by atoms with Gasteiger partial charge in [-0.1, -0.05) is 15.9 Å². The monoisotopic (exact) mass is 227 g/mol. The standard InChI is InChI=1S/C9H10BrNO/c10-5-8-2-1-7-6-11-4-3-9(7)12-8/h3-4,6,8H,1-2,5H2. The molecule has 0 aromatic carbocycles. The fraction of sp³-hybridized carbons (Fsp3) is 0.444. The molecule has 1 aromatic heterocycles. The van der Waals surface area contributed by atoms with Gasteiger partial charge in [0, 0.05) is 23.3 Å². The first-order chi connectivity index (χ1) is 5.90. The Kier molecular flexibility index (Phi) is 2.30. The summed E-state index contributed by atoms with van der Waals surface area (Å²) in [6.45, 7) is 0. The van der Waals surface area contributed by atoms with E-state index in [1.54, 1.807) is 6.20 Å². The maximum atomic E-state index is 5.69. The van der Waals surface area contributed by atoms with Crippen molar-refractivity contribution in [2.75, 3.05) is 5.33 Å². The molecule has 0 aliphatic carbocycles. The van der Waals surface area contributed by atoms with Gasteiger partial charge in [0.2, 0.25) is 0 Å². The molecule has 2 heterocycles. The molecule has 0 bridgehead atoms. The molecule has 3 heteroatoms. The average Bonchev–Trinajstić information content (AvgIpc) is 2.17. The summed E-state index contributed by atoms with van der Waals surface area (Å²) < 4.78 is 5.69. The SMILES string of the molecule is BrCC1CCc2cnccc2O1. The van der Waals surface area contributed by atoms with Gasteiger partial charge in [-0.15, -0.1) is 0 Å². The van der Waals surface area contributed by atoms with Crippen LogP contribution in [0.5, 0.6) is 5.75 Å². The molecule has 2 rings (SSSR count). The van der Waals surface area contributed by atoms with Crippen molar-refractivity contribution in [1.82, 2.24) is 4.98 Å². The number of aromatic nitrogens is 1. The molecule has 1 aliphatic heterocycles. The van der Waals surface area contributed by atoms with Gasteiger partial charge in [-0.2, -0.15) is 0 Å². The highest BCUT2D eigenvalue weighted by Crippen LogP contribution is 2.26. The summed E-state index contributed by atoms with van der Waals surface area (Å²) in [6.07, 6.45) is 6.17. The summed E-state index contributed by atoms with van der Waals surface area (Å²) in [5.41, 5.74) is 1.23. The Morgan fingerprint density at radius 1 is 1.67 bits per heavy atom. The van der Waals surface area contributed by atoms with Crippen LogP contribution in [0, 0.1) is 0 Å². The zero-order valence-corrected chi connectivity index (χ0v) is 8.25. The van der Waals surface area contributed by atoms with Crippen LogP contribution in [0.3, 0.4) is 0 Å². The van der Waals surface area contributed by atoms with Gasteiger partial charge in [-0.25, -0.2) is 0 Å². The van der Waals surface area contributed by atoms with E-state index in [1.807, 2.05) is 12.3 Å². The third-order valence-corrected chi connectivity index (χ3v) is 2.78. The third kappa shape index (κ3) is 1.46. The van der Waals surface area contributed by atoms with E-state index in [-0.39, 0.29) is 0 Å². The molecule has 1 aromatic rings. The summed E-state index contributed by atoms with van der Waals surface area (Å²) >= 11 is 3.42. The minimum absolute atomic E-state index is 0.333. The highest BCUT2D eigenvalue weighted by molar-refractivity contribution is 9.09. The second kappa shape index (κ2) is 3.44. The smallest absolute Gasteiger partial charge is 0.126 e. The van der Waals surface area contributed by atoms with Crippen LogP contribution >= 0.6 is 15.9 Å². The van der Waals surface area contributed by atoms with E-state index in [0.29, 0.717) is 6.10 Å². The van der Waals surface area contributed by atoms with Gasteiger partial charge < -0.3 is 4.74 Å². The van der Waals surface area contributed by atoms with Gasteiger partial charge in [-0.3, -0.25) is 4.98 Å². The normalized spacial score (nSPS) is 21.2. The van der Waals surface area contributed by atoms with E-state index in [4.69, 9.17) is 4.74 Å². The fourth-order valence-electron chi connectivity index (χ4n) is 1.38. The first-order valence-electron chi connectivity index (χ1n) is 4.05. The quantitative estimate of drug-likeness (QED) is 0.687. The van der Waals surface area contributed by atoms with Crippen molar-refractivity contribution in [3.63, 3.8) is 0 Å². The Morgan fingerprint density at radius 3 is 3.42 bits per heavy atom. The minimum atomic E-state index is 0.333. The number of alkyl halides is 1. The van der Waals surface area contributed by atoms with Crippen molar-refractivity contribution >= 4 is 15.9 Å². The molecule has 0 saturated carbocycles. The summed E-state index contributed by atoms with van der Waals surface area (Å²) in [5.74, 6) is 1.00. The maximum Gasteiger partial charge on any atom is 0.126 e. The Bertz CT molecular complexity index is 277. The van der Waals surface area contributed by atoms with Crippen molar-refractivity contribution in [1.29, 1.82) is 0 Å². The van der Waals surface area contributed by atoms with Crippen molar-refractivity contribution < 1.29 is 4.74 Å². The first kappa shape index (κ1) is 8.05. The van der Waals surface area contributed by atoms with Crippen LogP contribution in [0.2, 0.25) is 0 Å². The van der Waals surface area contributed by atoms with Crippen molar-refractivity contribution in [3.8, 4) is 5.75 Å². The molecule has 64 valence electrons. The number of fused-ring (bicyclic) bond motifs is 1. The van der Waals surface area contributed by atoms with E-state index in [1.165, 1.54) is 5.56 Å². The fourth-order valence-corrected chi connectivity index (χ4v) is 1.84. The number of ether oxygens (including phenoxy) is 1. The van der Waals surface area contributed by atoms with Crippen molar-refractivity contribution in [3.05, 3.63) is 24.0 Å². The lowest BCUT2D eigenvalue weighted by atomic mass is 10.1. The summed E-state index contributed by atoms with van der Waals surface area (Å²) in [4.78, 5) is 4.06. The Morgan fingerprint density at radius 2 is 2.58 bits per heavy atom. The molecule has 0 radical (unpaired) electrons. The molecular formula is C9H10BrNO. The summed E-state index contributed by atoms with van der Waals surface area (Å²) in [7, 11) is 0. The van der Waals surface area contributed by atoms with Gasteiger partial charge >= 0.3 is 0 Å². The van der Waals surface area contributed by atoms with Gasteiger partial charge in [0.05, 0.1) is 0 Å². The van der Waals surface area contributed by atoms with Crippen LogP contribution in [-0.4, -0.2) is 16.4 Å². The predicted molar refractivity (Wildman–Crippen MR) is 50.8 cm³/mol. The molecule has 1 unspecified atom stereocenters. The number of nitrogens with zero attached hydrogens (tertiary/aromatic N) is 1. The topological polar surface area (TPSA) is 22.1 Å². The first-order valence-corrected chi connectivity index (χ1v) is 5.18. The molecule has 0 saturated heterocycles. The highest BCUT2D eigenvalue weighted by atomic mass is 79.9. The summed E-state index contributed by atoms with van der Waals surface area (Å²) in [6, 6.07) is 1.93. The van der Waals surface area contributed by atoms with Gasteiger partial charge in [0.15, 0.2) is 0 Å². The van der Waals surface area contributed by atoms with Gasteiger partial charge in [0.1, 0.15) is 11.9 Å². The molecule has 0 spiro atoms. The molecule has 12 heavy (non-hydrogen) atoms. The molecule has 1 atom stereocenters. The van der Waals surface area contributed by atoms with E-state index in [0.717, 1.165) is 23.9 Å². The lowest BCUT2D eigenvalue weighted by Crippen LogP contribution is -2.23. The minimum Gasteiger partial charge on any atom is -0.489 e. The molecule has 0 N–H and O–H groups in total. The number of hydrogen-bond donors (Lipinski definition) is 0. The Balaban J connectivity index is 2.23. The number of halogens is 1. The molecule has 2 nitrogen and oxygen atoms in total. The second-order valence-electron chi connectivity index (χ2n) is 2.92. The summed E-state index contributed by atoms with van der Waals surface area (Å²) in [5, 5.41) is 0.911. The maximum absolute atomic E-state index is 5.69. The second-order valence-corrected chi connectivity index (χ2v) is 3.56. The zero-order chi connectivity index (χ0) is 8.39. The number of hydrogen-bond acceptors (Lipinski definition) is 2. The van der Waals surface area contributed by atoms with E-state index < -0.39 is 0 Å². The van der Waals surface area contributed by atoms with Crippen LogP contribution in [0.1, 0.15) is 12.0 Å². The van der Waals surface area contributed by atoms with Crippen molar-refractivity contribution in [2.24, 2.45) is 0 Å². The van der Waals surface area contributed by atoms with Crippen LogP contribution in [-0.2, 0) is 6.42 Å².